The largest absolute Gasteiger partial charge is 0.379 e. The zero-order valence-corrected chi connectivity index (χ0v) is 10.9. The van der Waals surface area contributed by atoms with E-state index < -0.39 is 0 Å². The maximum Gasteiger partial charge on any atom is 0.0773 e. The van der Waals surface area contributed by atoms with Crippen molar-refractivity contribution in [2.75, 3.05) is 14.2 Å². The highest BCUT2D eigenvalue weighted by atomic mass is 32.1. The zero-order valence-electron chi connectivity index (χ0n) is 10.0. The summed E-state index contributed by atoms with van der Waals surface area (Å²) in [6, 6.07) is 4.69. The summed E-state index contributed by atoms with van der Waals surface area (Å²) in [5.41, 5.74) is 0. The van der Waals surface area contributed by atoms with Gasteiger partial charge in [0.15, 0.2) is 0 Å². The van der Waals surface area contributed by atoms with Crippen molar-refractivity contribution in [1.82, 2.24) is 5.32 Å². The minimum atomic E-state index is 0.276. The molecule has 0 radical (unpaired) electrons. The molecule has 0 aliphatic rings. The molecule has 1 heterocycles. The van der Waals surface area contributed by atoms with Gasteiger partial charge in [-0.05, 0) is 32.5 Å². The van der Waals surface area contributed by atoms with E-state index in [9.17, 15) is 0 Å². The van der Waals surface area contributed by atoms with Crippen molar-refractivity contribution >= 4 is 11.3 Å². The van der Waals surface area contributed by atoms with Crippen LogP contribution in [-0.2, 0) is 4.74 Å². The molecule has 0 saturated carbocycles. The lowest BCUT2D eigenvalue weighted by atomic mass is 10.0. The maximum absolute atomic E-state index is 5.55. The quantitative estimate of drug-likeness (QED) is 0.806. The summed E-state index contributed by atoms with van der Waals surface area (Å²) < 4.78 is 5.55. The molecule has 3 heteroatoms. The molecule has 0 bridgehead atoms. The van der Waals surface area contributed by atoms with E-state index >= 15 is 0 Å². The number of thiophene rings is 1. The minimum Gasteiger partial charge on any atom is -0.379 e. The van der Waals surface area contributed by atoms with E-state index in [0.717, 1.165) is 12.8 Å². The van der Waals surface area contributed by atoms with Gasteiger partial charge in [0.05, 0.1) is 12.1 Å². The number of hydrogen-bond acceptors (Lipinski definition) is 3. The van der Waals surface area contributed by atoms with Gasteiger partial charge in [-0.2, -0.15) is 0 Å². The van der Waals surface area contributed by atoms with Crippen LogP contribution < -0.4 is 5.32 Å². The standard InChI is InChI=1S/C12H21NOS/c1-5-6-10(14-4)12(13-3)11-8-7-9(2)15-11/h7-8,10,12-13H,5-6H2,1-4H3. The fourth-order valence-electron chi connectivity index (χ4n) is 1.84. The minimum absolute atomic E-state index is 0.276. The van der Waals surface area contributed by atoms with Crippen molar-refractivity contribution in [2.45, 2.75) is 38.8 Å². The summed E-state index contributed by atoms with van der Waals surface area (Å²) in [4.78, 5) is 2.73. The number of methoxy groups -OCH3 is 1. The topological polar surface area (TPSA) is 21.3 Å². The second kappa shape index (κ2) is 6.26. The summed E-state index contributed by atoms with van der Waals surface area (Å²) in [7, 11) is 3.80. The highest BCUT2D eigenvalue weighted by Gasteiger charge is 2.21. The van der Waals surface area contributed by atoms with Gasteiger partial charge >= 0.3 is 0 Å². The third-order valence-corrected chi connectivity index (χ3v) is 3.71. The van der Waals surface area contributed by atoms with Gasteiger partial charge < -0.3 is 10.1 Å². The van der Waals surface area contributed by atoms with Crippen molar-refractivity contribution in [1.29, 1.82) is 0 Å². The molecule has 0 aromatic carbocycles. The lowest BCUT2D eigenvalue weighted by Gasteiger charge is -2.24. The molecule has 2 nitrogen and oxygen atoms in total. The summed E-state index contributed by atoms with van der Waals surface area (Å²) in [5, 5.41) is 3.35. The van der Waals surface area contributed by atoms with Crippen LogP contribution in [0, 0.1) is 6.92 Å². The van der Waals surface area contributed by atoms with E-state index in [2.05, 4.69) is 31.3 Å². The van der Waals surface area contributed by atoms with E-state index in [0.29, 0.717) is 6.04 Å². The Labute approximate surface area is 96.7 Å². The second-order valence-electron chi connectivity index (χ2n) is 3.78. The number of nitrogens with one attached hydrogen (secondary N) is 1. The first-order valence-corrected chi connectivity index (χ1v) is 6.31. The van der Waals surface area contributed by atoms with Crippen molar-refractivity contribution in [3.8, 4) is 0 Å². The third kappa shape index (κ3) is 3.30. The van der Waals surface area contributed by atoms with Crippen LogP contribution in [0.5, 0.6) is 0 Å². The van der Waals surface area contributed by atoms with Crippen LogP contribution in [0.25, 0.3) is 0 Å². The Morgan fingerprint density at radius 3 is 2.60 bits per heavy atom. The van der Waals surface area contributed by atoms with Crippen LogP contribution in [0.2, 0.25) is 0 Å². The average molecular weight is 227 g/mol. The Morgan fingerprint density at radius 1 is 1.47 bits per heavy atom. The lowest BCUT2D eigenvalue weighted by Crippen LogP contribution is -2.30. The van der Waals surface area contributed by atoms with Gasteiger partial charge in [0.2, 0.25) is 0 Å². The van der Waals surface area contributed by atoms with Gasteiger partial charge in [0.1, 0.15) is 0 Å². The third-order valence-electron chi connectivity index (χ3n) is 2.63. The van der Waals surface area contributed by atoms with Crippen molar-refractivity contribution < 1.29 is 4.74 Å². The van der Waals surface area contributed by atoms with Gasteiger partial charge in [-0.15, -0.1) is 11.3 Å². The second-order valence-corrected chi connectivity index (χ2v) is 5.10. The van der Waals surface area contributed by atoms with Gasteiger partial charge in [-0.3, -0.25) is 0 Å². The first-order chi connectivity index (χ1) is 7.22. The molecule has 15 heavy (non-hydrogen) atoms. The molecule has 1 aromatic rings. The summed E-state index contributed by atoms with van der Waals surface area (Å²) in [6.07, 6.45) is 2.53. The zero-order chi connectivity index (χ0) is 11.3. The van der Waals surface area contributed by atoms with Crippen molar-refractivity contribution in [2.24, 2.45) is 0 Å². The van der Waals surface area contributed by atoms with Crippen LogP contribution in [0.3, 0.4) is 0 Å². The molecule has 1 aromatic heterocycles. The van der Waals surface area contributed by atoms with Crippen molar-refractivity contribution in [3.05, 3.63) is 21.9 Å². The molecule has 0 aliphatic carbocycles. The first kappa shape index (κ1) is 12.7. The maximum atomic E-state index is 5.55. The summed E-state index contributed by atoms with van der Waals surface area (Å²) in [6.45, 7) is 4.33. The molecule has 86 valence electrons. The number of hydrogen-bond donors (Lipinski definition) is 1. The highest BCUT2D eigenvalue weighted by Crippen LogP contribution is 2.27. The fourth-order valence-corrected chi connectivity index (χ4v) is 2.88. The Balaban J connectivity index is 2.76. The van der Waals surface area contributed by atoms with E-state index in [-0.39, 0.29) is 6.10 Å². The average Bonchev–Trinajstić information content (AvgIpc) is 2.64. The Kier molecular flexibility index (Phi) is 5.29. The van der Waals surface area contributed by atoms with Crippen LogP contribution in [0.4, 0.5) is 0 Å². The first-order valence-electron chi connectivity index (χ1n) is 5.49. The van der Waals surface area contributed by atoms with E-state index in [1.165, 1.54) is 9.75 Å². The number of aryl methyl sites for hydroxylation is 1. The lowest BCUT2D eigenvalue weighted by molar-refractivity contribution is 0.0641. The predicted molar refractivity (Wildman–Crippen MR) is 66.6 cm³/mol. The Bertz CT molecular complexity index is 285. The monoisotopic (exact) mass is 227 g/mol. The van der Waals surface area contributed by atoms with Gasteiger partial charge in [0.25, 0.3) is 0 Å². The van der Waals surface area contributed by atoms with Crippen molar-refractivity contribution in [3.63, 3.8) is 0 Å². The fraction of sp³-hybridized carbons (Fsp3) is 0.667. The van der Waals surface area contributed by atoms with Gasteiger partial charge in [-0.25, -0.2) is 0 Å². The van der Waals surface area contributed by atoms with E-state index in [4.69, 9.17) is 4.74 Å². The molecule has 0 amide bonds. The molecule has 0 saturated heterocycles. The molecule has 1 N–H and O–H groups in total. The van der Waals surface area contributed by atoms with Crippen LogP contribution in [0.1, 0.15) is 35.6 Å². The normalized spacial score (nSPS) is 15.2. The molecular formula is C12H21NOS. The van der Waals surface area contributed by atoms with E-state index in [1.807, 2.05) is 18.4 Å². The Hall–Kier alpha value is -0.380. The molecule has 0 spiro atoms. The van der Waals surface area contributed by atoms with Gasteiger partial charge in [-0.1, -0.05) is 13.3 Å². The van der Waals surface area contributed by atoms with E-state index in [1.54, 1.807) is 7.11 Å². The summed E-state index contributed by atoms with van der Waals surface area (Å²) in [5.74, 6) is 0. The van der Waals surface area contributed by atoms with Gasteiger partial charge in [0, 0.05) is 16.9 Å². The number of ether oxygens (including phenoxy) is 1. The SMILES string of the molecule is CCCC(OC)C(NC)c1ccc(C)s1. The van der Waals surface area contributed by atoms with Crippen LogP contribution in [0.15, 0.2) is 12.1 Å². The molecule has 0 aliphatic heterocycles. The molecular weight excluding hydrogens is 206 g/mol. The predicted octanol–water partition coefficient (Wildman–Crippen LogP) is 3.13. The molecule has 2 unspecified atom stereocenters. The molecule has 0 fully saturated rings. The molecule has 2 atom stereocenters. The number of likely N-dealkylation sites (N-methyl/N-ethyl adjacent to an activating group) is 1. The molecule has 1 rings (SSSR count). The Morgan fingerprint density at radius 2 is 2.20 bits per heavy atom. The summed E-state index contributed by atoms with van der Waals surface area (Å²) >= 11 is 1.85. The number of rotatable bonds is 6. The van der Waals surface area contributed by atoms with Crippen LogP contribution >= 0.6 is 11.3 Å². The van der Waals surface area contributed by atoms with Crippen LogP contribution in [-0.4, -0.2) is 20.3 Å². The highest BCUT2D eigenvalue weighted by molar-refractivity contribution is 7.12. The smallest absolute Gasteiger partial charge is 0.0773 e.